The van der Waals surface area contributed by atoms with E-state index in [0.29, 0.717) is 50.6 Å². The van der Waals surface area contributed by atoms with Crippen molar-refractivity contribution in [2.45, 2.75) is 25.2 Å². The molecule has 0 spiro atoms. The summed E-state index contributed by atoms with van der Waals surface area (Å²) in [7, 11) is -2.02. The smallest absolute Gasteiger partial charge is 0.246 e. The van der Waals surface area contributed by atoms with E-state index in [-0.39, 0.29) is 10.8 Å². The first-order valence-electron chi connectivity index (χ1n) is 7.16. The molecule has 1 N–H and O–H groups in total. The normalized spacial score (nSPS) is 17.0. The third-order valence-corrected chi connectivity index (χ3v) is 5.93. The largest absolute Gasteiger partial charge is 0.384 e. The van der Waals surface area contributed by atoms with Crippen LogP contribution in [-0.4, -0.2) is 73.6 Å². The highest BCUT2D eigenvalue weighted by molar-refractivity contribution is 7.89. The van der Waals surface area contributed by atoms with Gasteiger partial charge in [0.1, 0.15) is 4.90 Å². The van der Waals surface area contributed by atoms with Gasteiger partial charge in [-0.1, -0.05) is 0 Å². The van der Waals surface area contributed by atoms with E-state index in [1.54, 1.807) is 25.9 Å². The van der Waals surface area contributed by atoms with E-state index in [4.69, 9.17) is 4.74 Å². The number of aromatic amines is 1. The average Bonchev–Trinajstić information content (AvgIpc) is 2.84. The van der Waals surface area contributed by atoms with Crippen molar-refractivity contribution in [2.75, 3.05) is 39.9 Å². The number of ether oxygens (including phenoxy) is 1. The molecule has 1 amide bonds. The number of H-pyrrole nitrogens is 1. The number of carbonyl (C=O) groups is 1. The number of sulfonamides is 1. The number of hydrogen-bond donors (Lipinski definition) is 1. The Morgan fingerprint density at radius 1 is 1.27 bits per heavy atom. The lowest BCUT2D eigenvalue weighted by molar-refractivity contribution is -0.133. The quantitative estimate of drug-likeness (QED) is 0.813. The van der Waals surface area contributed by atoms with Crippen LogP contribution in [0, 0.1) is 13.8 Å². The summed E-state index contributed by atoms with van der Waals surface area (Å²) in [6, 6.07) is 0. The number of aromatic nitrogens is 2. The van der Waals surface area contributed by atoms with Crippen molar-refractivity contribution < 1.29 is 17.9 Å². The van der Waals surface area contributed by atoms with Crippen LogP contribution in [0.15, 0.2) is 4.90 Å². The first-order chi connectivity index (χ1) is 10.4. The van der Waals surface area contributed by atoms with E-state index < -0.39 is 10.0 Å². The summed E-state index contributed by atoms with van der Waals surface area (Å²) in [6.45, 7) is 5.13. The average molecular weight is 330 g/mol. The number of carbonyl (C=O) groups excluding carboxylic acids is 1. The van der Waals surface area contributed by atoms with Crippen LogP contribution in [0.4, 0.5) is 0 Å². The van der Waals surface area contributed by atoms with Crippen molar-refractivity contribution in [3.63, 3.8) is 0 Å². The van der Waals surface area contributed by atoms with E-state index in [1.165, 1.54) is 4.31 Å². The molecule has 22 heavy (non-hydrogen) atoms. The minimum Gasteiger partial charge on any atom is -0.384 e. The second-order valence-electron chi connectivity index (χ2n) is 5.29. The van der Waals surface area contributed by atoms with E-state index in [1.807, 2.05) is 0 Å². The van der Waals surface area contributed by atoms with Gasteiger partial charge in [-0.2, -0.15) is 9.40 Å². The Bertz CT molecular complexity index is 613. The molecular weight excluding hydrogens is 308 g/mol. The SMILES string of the molecule is COCCC(=O)N1CCN(S(=O)(=O)c2c(C)n[nH]c2C)CC1. The maximum atomic E-state index is 12.7. The van der Waals surface area contributed by atoms with E-state index >= 15 is 0 Å². The van der Waals surface area contributed by atoms with Gasteiger partial charge in [0.25, 0.3) is 0 Å². The number of nitrogens with one attached hydrogen (secondary N) is 1. The fourth-order valence-electron chi connectivity index (χ4n) is 2.58. The molecular formula is C13H22N4O4S. The van der Waals surface area contributed by atoms with Crippen molar-refractivity contribution in [2.24, 2.45) is 0 Å². The van der Waals surface area contributed by atoms with Crippen LogP contribution in [0.2, 0.25) is 0 Å². The molecule has 1 aliphatic rings. The molecule has 0 aliphatic carbocycles. The minimum atomic E-state index is -3.57. The van der Waals surface area contributed by atoms with Gasteiger partial charge in [0.2, 0.25) is 15.9 Å². The summed E-state index contributed by atoms with van der Waals surface area (Å²) in [5.41, 5.74) is 1.01. The number of amides is 1. The number of piperazine rings is 1. The molecule has 0 saturated carbocycles. The van der Waals surface area contributed by atoms with E-state index in [2.05, 4.69) is 10.2 Å². The van der Waals surface area contributed by atoms with Crippen LogP contribution in [0.1, 0.15) is 17.8 Å². The monoisotopic (exact) mass is 330 g/mol. The Balaban J connectivity index is 2.04. The third kappa shape index (κ3) is 3.31. The van der Waals surface area contributed by atoms with Gasteiger partial charge in [0, 0.05) is 33.3 Å². The fraction of sp³-hybridized carbons (Fsp3) is 0.692. The molecule has 2 heterocycles. The molecule has 9 heteroatoms. The van der Waals surface area contributed by atoms with E-state index in [9.17, 15) is 13.2 Å². The van der Waals surface area contributed by atoms with Crippen molar-refractivity contribution in [1.29, 1.82) is 0 Å². The number of methoxy groups -OCH3 is 1. The fourth-order valence-corrected chi connectivity index (χ4v) is 4.33. The second kappa shape index (κ2) is 6.76. The van der Waals surface area contributed by atoms with Crippen LogP contribution >= 0.6 is 0 Å². The molecule has 0 aromatic carbocycles. The third-order valence-electron chi connectivity index (χ3n) is 3.77. The maximum absolute atomic E-state index is 12.7. The highest BCUT2D eigenvalue weighted by atomic mass is 32.2. The highest BCUT2D eigenvalue weighted by Crippen LogP contribution is 2.22. The zero-order valence-corrected chi connectivity index (χ0v) is 13.9. The van der Waals surface area contributed by atoms with Crippen LogP contribution in [0.5, 0.6) is 0 Å². The lowest BCUT2D eigenvalue weighted by atomic mass is 10.3. The van der Waals surface area contributed by atoms with E-state index in [0.717, 1.165) is 0 Å². The molecule has 0 unspecified atom stereocenters. The number of nitrogens with zero attached hydrogens (tertiary/aromatic N) is 3. The van der Waals surface area contributed by atoms with Crippen molar-refractivity contribution in [1.82, 2.24) is 19.4 Å². The summed E-state index contributed by atoms with van der Waals surface area (Å²) in [6.07, 6.45) is 0.323. The van der Waals surface area contributed by atoms with Crippen molar-refractivity contribution in [3.8, 4) is 0 Å². The van der Waals surface area contributed by atoms with Gasteiger partial charge >= 0.3 is 0 Å². The summed E-state index contributed by atoms with van der Waals surface area (Å²) >= 11 is 0. The van der Waals surface area contributed by atoms with Crippen LogP contribution in [0.3, 0.4) is 0 Å². The summed E-state index contributed by atoms with van der Waals surface area (Å²) in [5, 5.41) is 6.64. The summed E-state index contributed by atoms with van der Waals surface area (Å²) < 4.78 is 31.7. The maximum Gasteiger partial charge on any atom is 0.246 e. The Hall–Kier alpha value is -1.45. The predicted octanol–water partition coefficient (Wildman–Crippen LogP) is -0.104. The van der Waals surface area contributed by atoms with Gasteiger partial charge in [-0.15, -0.1) is 0 Å². The molecule has 0 bridgehead atoms. The molecule has 124 valence electrons. The van der Waals surface area contributed by atoms with Crippen LogP contribution in [0.25, 0.3) is 0 Å². The molecule has 8 nitrogen and oxygen atoms in total. The van der Waals surface area contributed by atoms with Gasteiger partial charge in [-0.25, -0.2) is 8.42 Å². The zero-order chi connectivity index (χ0) is 16.3. The number of rotatable bonds is 5. The highest BCUT2D eigenvalue weighted by Gasteiger charge is 2.33. The molecule has 2 rings (SSSR count). The molecule has 1 aromatic heterocycles. The van der Waals surface area contributed by atoms with Gasteiger partial charge in [-0.05, 0) is 13.8 Å². The van der Waals surface area contributed by atoms with Crippen molar-refractivity contribution >= 4 is 15.9 Å². The predicted molar refractivity (Wildman–Crippen MR) is 79.9 cm³/mol. The summed E-state index contributed by atoms with van der Waals surface area (Å²) in [5.74, 6) is -0.00503. The van der Waals surface area contributed by atoms with Crippen molar-refractivity contribution in [3.05, 3.63) is 11.4 Å². The lowest BCUT2D eigenvalue weighted by Gasteiger charge is -2.34. The second-order valence-corrected chi connectivity index (χ2v) is 7.17. The minimum absolute atomic E-state index is 0.00503. The van der Waals surface area contributed by atoms with Gasteiger partial charge in [0.15, 0.2) is 0 Å². The Morgan fingerprint density at radius 2 is 1.91 bits per heavy atom. The Labute approximate surface area is 130 Å². The first-order valence-corrected chi connectivity index (χ1v) is 8.60. The first kappa shape index (κ1) is 16.9. The Morgan fingerprint density at radius 3 is 2.41 bits per heavy atom. The Kier molecular flexibility index (Phi) is 5.20. The van der Waals surface area contributed by atoms with Gasteiger partial charge < -0.3 is 9.64 Å². The molecule has 0 radical (unpaired) electrons. The summed E-state index contributed by atoms with van der Waals surface area (Å²) in [4.78, 5) is 13.8. The molecule has 1 saturated heterocycles. The standard InChI is InChI=1S/C13H22N4O4S/c1-10-13(11(2)15-14-10)22(19,20)17-7-5-16(6-8-17)12(18)4-9-21-3/h4-9H2,1-3H3,(H,14,15). The zero-order valence-electron chi connectivity index (χ0n) is 13.1. The van der Waals surface area contributed by atoms with Gasteiger partial charge in [-0.3, -0.25) is 9.89 Å². The van der Waals surface area contributed by atoms with Crippen LogP contribution < -0.4 is 0 Å². The number of aryl methyl sites for hydroxylation is 2. The molecule has 1 aliphatic heterocycles. The molecule has 1 aromatic rings. The topological polar surface area (TPSA) is 95.6 Å². The van der Waals surface area contributed by atoms with Gasteiger partial charge in [0.05, 0.1) is 24.4 Å². The number of hydrogen-bond acceptors (Lipinski definition) is 5. The lowest BCUT2D eigenvalue weighted by Crippen LogP contribution is -2.50. The molecule has 0 atom stereocenters. The molecule has 1 fully saturated rings. The van der Waals surface area contributed by atoms with Crippen LogP contribution in [-0.2, 0) is 19.6 Å².